The van der Waals surface area contributed by atoms with Crippen molar-refractivity contribution in [3.8, 4) is 0 Å². The van der Waals surface area contributed by atoms with Gasteiger partial charge in [-0.25, -0.2) is 0 Å². The van der Waals surface area contributed by atoms with Crippen molar-refractivity contribution in [2.24, 2.45) is 0 Å². The van der Waals surface area contributed by atoms with Gasteiger partial charge in [0, 0.05) is 29.8 Å². The highest BCUT2D eigenvalue weighted by molar-refractivity contribution is 9.11. The van der Waals surface area contributed by atoms with Crippen LogP contribution in [0.15, 0.2) is 34.1 Å². The highest BCUT2D eigenvalue weighted by Gasteiger charge is 2.23. The summed E-state index contributed by atoms with van der Waals surface area (Å²) in [5, 5.41) is 5.70. The molecule has 1 unspecified atom stereocenters. The summed E-state index contributed by atoms with van der Waals surface area (Å²) in [5.41, 5.74) is 2.22. The molecule has 0 spiro atoms. The summed E-state index contributed by atoms with van der Waals surface area (Å²) in [5.74, 6) is -0.357. The van der Waals surface area contributed by atoms with Crippen LogP contribution in [-0.2, 0) is 16.0 Å². The Balaban J connectivity index is 1.80. The number of rotatable bonds is 4. The first-order valence-corrected chi connectivity index (χ1v) is 9.19. The molecule has 126 valence electrons. The number of carbonyl (C=O) groups excluding carboxylic acids is 2. The number of nitrogens with one attached hydrogen (secondary N) is 2. The lowest BCUT2D eigenvalue weighted by atomic mass is 10.0. The molecule has 1 aromatic carbocycles. The number of ether oxygens (including phenoxy) is 1. The lowest BCUT2D eigenvalue weighted by Crippen LogP contribution is -2.24. The lowest BCUT2D eigenvalue weighted by Gasteiger charge is -2.15. The maximum Gasteiger partial charge on any atom is 0.258 e. The Morgan fingerprint density at radius 1 is 1.38 bits per heavy atom. The average molecular weight is 409 g/mol. The second kappa shape index (κ2) is 7.46. The Morgan fingerprint density at radius 3 is 2.92 bits per heavy atom. The minimum Gasteiger partial charge on any atom is -0.366 e. The third kappa shape index (κ3) is 3.68. The van der Waals surface area contributed by atoms with Gasteiger partial charge in [-0.3, -0.25) is 9.59 Å². The summed E-state index contributed by atoms with van der Waals surface area (Å²) in [6, 6.07) is 9.19. The van der Waals surface area contributed by atoms with E-state index in [9.17, 15) is 9.59 Å². The van der Waals surface area contributed by atoms with E-state index in [-0.39, 0.29) is 11.8 Å². The van der Waals surface area contributed by atoms with Crippen LogP contribution in [0.1, 0.15) is 33.3 Å². The maximum absolute atomic E-state index is 12.5. The highest BCUT2D eigenvalue weighted by Crippen LogP contribution is 2.30. The maximum atomic E-state index is 12.5. The molecule has 0 saturated heterocycles. The number of anilines is 1. The van der Waals surface area contributed by atoms with Crippen molar-refractivity contribution >= 4 is 44.8 Å². The van der Waals surface area contributed by atoms with Crippen LogP contribution in [0, 0.1) is 0 Å². The predicted molar refractivity (Wildman–Crippen MR) is 97.5 cm³/mol. The van der Waals surface area contributed by atoms with E-state index in [1.807, 2.05) is 24.3 Å². The van der Waals surface area contributed by atoms with Gasteiger partial charge >= 0.3 is 0 Å². The molecule has 0 bridgehead atoms. The normalized spacial score (nSPS) is 15.2. The minimum absolute atomic E-state index is 0.0934. The van der Waals surface area contributed by atoms with Crippen molar-refractivity contribution in [1.29, 1.82) is 0 Å². The smallest absolute Gasteiger partial charge is 0.258 e. The largest absolute Gasteiger partial charge is 0.366 e. The average Bonchev–Trinajstić information content (AvgIpc) is 2.90. The number of fused-ring (bicyclic) bond motifs is 1. The van der Waals surface area contributed by atoms with Gasteiger partial charge in [0.15, 0.2) is 6.10 Å². The topological polar surface area (TPSA) is 67.4 Å². The van der Waals surface area contributed by atoms with Gasteiger partial charge in [0.1, 0.15) is 0 Å². The number of thiophene rings is 1. The summed E-state index contributed by atoms with van der Waals surface area (Å²) >= 11 is 4.84. The first-order chi connectivity index (χ1) is 11.6. The van der Waals surface area contributed by atoms with Crippen LogP contribution in [0.3, 0.4) is 0 Å². The number of hydrogen-bond acceptors (Lipinski definition) is 4. The molecular formula is C17H17BrN2O3S. The molecule has 7 heteroatoms. The van der Waals surface area contributed by atoms with Gasteiger partial charge in [0.25, 0.3) is 11.8 Å². The van der Waals surface area contributed by atoms with Crippen LogP contribution >= 0.6 is 27.3 Å². The molecule has 2 N–H and O–H groups in total. The van der Waals surface area contributed by atoms with Gasteiger partial charge in [-0.2, -0.15) is 0 Å². The molecule has 1 aromatic heterocycles. The Hall–Kier alpha value is -1.70. The fraction of sp³-hybridized carbons (Fsp3) is 0.294. The van der Waals surface area contributed by atoms with Crippen molar-refractivity contribution in [3.05, 3.63) is 50.1 Å². The SMILES string of the molecule is COC(C(=O)Nc1ccc2c(c1)C(=O)NCCC2)c1ccc(Br)s1. The van der Waals surface area contributed by atoms with E-state index in [0.29, 0.717) is 17.8 Å². The molecule has 0 radical (unpaired) electrons. The predicted octanol–water partition coefficient (Wildman–Crippen LogP) is 3.51. The quantitative estimate of drug-likeness (QED) is 0.812. The summed E-state index contributed by atoms with van der Waals surface area (Å²) in [7, 11) is 1.50. The second-order valence-electron chi connectivity index (χ2n) is 5.48. The second-order valence-corrected chi connectivity index (χ2v) is 7.97. The van der Waals surface area contributed by atoms with Gasteiger partial charge in [-0.05, 0) is 58.6 Å². The molecule has 1 atom stereocenters. The molecule has 24 heavy (non-hydrogen) atoms. The zero-order valence-corrected chi connectivity index (χ0v) is 15.5. The van der Waals surface area contributed by atoms with Crippen molar-refractivity contribution < 1.29 is 14.3 Å². The van der Waals surface area contributed by atoms with E-state index in [0.717, 1.165) is 27.1 Å². The fourth-order valence-electron chi connectivity index (χ4n) is 2.69. The van der Waals surface area contributed by atoms with Crippen molar-refractivity contribution in [3.63, 3.8) is 0 Å². The van der Waals surface area contributed by atoms with Crippen LogP contribution in [0.25, 0.3) is 0 Å². The number of carbonyl (C=O) groups is 2. The summed E-state index contributed by atoms with van der Waals surface area (Å²) in [4.78, 5) is 25.4. The monoisotopic (exact) mass is 408 g/mol. The lowest BCUT2D eigenvalue weighted by molar-refractivity contribution is -0.125. The van der Waals surface area contributed by atoms with E-state index >= 15 is 0 Å². The first kappa shape index (κ1) is 17.1. The van der Waals surface area contributed by atoms with Gasteiger partial charge in [0.2, 0.25) is 0 Å². The molecule has 2 aromatic rings. The number of amides is 2. The number of benzene rings is 1. The van der Waals surface area contributed by atoms with Crippen LogP contribution < -0.4 is 10.6 Å². The van der Waals surface area contributed by atoms with Crippen molar-refractivity contribution in [1.82, 2.24) is 5.32 Å². The Labute approximate surface area is 152 Å². The Kier molecular flexibility index (Phi) is 5.33. The van der Waals surface area contributed by atoms with Gasteiger partial charge in [-0.1, -0.05) is 6.07 Å². The minimum atomic E-state index is -0.686. The third-order valence-corrected chi connectivity index (χ3v) is 5.52. The molecule has 3 rings (SSSR count). The molecule has 1 aliphatic rings. The number of aryl methyl sites for hydroxylation is 1. The number of hydrogen-bond donors (Lipinski definition) is 2. The molecule has 0 saturated carbocycles. The van der Waals surface area contributed by atoms with Gasteiger partial charge in [0.05, 0.1) is 3.79 Å². The summed E-state index contributed by atoms with van der Waals surface area (Å²) in [6.45, 7) is 0.675. The van der Waals surface area contributed by atoms with Crippen LogP contribution in [0.5, 0.6) is 0 Å². The molecule has 2 heterocycles. The van der Waals surface area contributed by atoms with E-state index in [4.69, 9.17) is 4.74 Å². The highest BCUT2D eigenvalue weighted by atomic mass is 79.9. The zero-order valence-electron chi connectivity index (χ0n) is 13.1. The van der Waals surface area contributed by atoms with Crippen LogP contribution in [-0.4, -0.2) is 25.5 Å². The van der Waals surface area contributed by atoms with Crippen LogP contribution in [0.4, 0.5) is 5.69 Å². The third-order valence-electron chi connectivity index (χ3n) is 3.86. The summed E-state index contributed by atoms with van der Waals surface area (Å²) < 4.78 is 6.27. The molecule has 1 aliphatic heterocycles. The summed E-state index contributed by atoms with van der Waals surface area (Å²) in [6.07, 6.45) is 1.09. The molecule has 0 aliphatic carbocycles. The molecule has 5 nitrogen and oxygen atoms in total. The number of halogens is 1. The van der Waals surface area contributed by atoms with E-state index in [1.165, 1.54) is 18.4 Å². The van der Waals surface area contributed by atoms with E-state index in [1.54, 1.807) is 6.07 Å². The van der Waals surface area contributed by atoms with Crippen molar-refractivity contribution in [2.45, 2.75) is 18.9 Å². The van der Waals surface area contributed by atoms with Crippen LogP contribution in [0.2, 0.25) is 0 Å². The van der Waals surface area contributed by atoms with Gasteiger partial charge in [-0.15, -0.1) is 11.3 Å². The first-order valence-electron chi connectivity index (χ1n) is 7.58. The van der Waals surface area contributed by atoms with Crippen molar-refractivity contribution in [2.75, 3.05) is 19.0 Å². The molecule has 0 fully saturated rings. The fourth-order valence-corrected chi connectivity index (χ4v) is 4.19. The molecule has 2 amide bonds. The standard InChI is InChI=1S/C17H17BrN2O3S/c1-23-15(13-6-7-14(18)24-13)17(22)20-11-5-4-10-3-2-8-19-16(21)12(10)9-11/h4-7,9,15H,2-3,8H2,1H3,(H,19,21)(H,20,22). The van der Waals surface area contributed by atoms with E-state index < -0.39 is 6.10 Å². The molecular weight excluding hydrogens is 392 g/mol. The Bertz CT molecular complexity index is 775. The zero-order chi connectivity index (χ0) is 17.1. The Morgan fingerprint density at radius 2 is 2.21 bits per heavy atom. The van der Waals surface area contributed by atoms with Gasteiger partial charge < -0.3 is 15.4 Å². The number of methoxy groups -OCH3 is 1. The van der Waals surface area contributed by atoms with E-state index in [2.05, 4.69) is 26.6 Å².